The first-order chi connectivity index (χ1) is 10.2. The minimum atomic E-state index is -0.131. The summed E-state index contributed by atoms with van der Waals surface area (Å²) in [4.78, 5) is 11.1. The van der Waals surface area contributed by atoms with Gasteiger partial charge in [0.15, 0.2) is 0 Å². The molecule has 21 heavy (non-hydrogen) atoms. The Labute approximate surface area is 126 Å². The number of methoxy groups -OCH3 is 1. The monoisotopic (exact) mass is 291 g/mol. The van der Waals surface area contributed by atoms with Gasteiger partial charge in [0.25, 0.3) is 0 Å². The maximum absolute atomic E-state index is 11.1. The van der Waals surface area contributed by atoms with E-state index in [1.54, 1.807) is 0 Å². The number of nitrogens with two attached hydrogens (primary N) is 1. The number of ether oxygens (including phenoxy) is 2. The molecule has 1 aliphatic rings. The second kappa shape index (κ2) is 7.46. The average Bonchev–Trinajstić information content (AvgIpc) is 2.87. The van der Waals surface area contributed by atoms with E-state index in [2.05, 4.69) is 16.9 Å². The SMILES string of the molecule is CCOc1ccc(CCCCC(=O)OC)c2c1CC(N)C2. The number of esters is 1. The van der Waals surface area contributed by atoms with Crippen LogP contribution in [0.1, 0.15) is 42.9 Å². The zero-order valence-electron chi connectivity index (χ0n) is 13.0. The molecular formula is C17H25NO3. The van der Waals surface area contributed by atoms with Crippen molar-refractivity contribution < 1.29 is 14.3 Å². The summed E-state index contributed by atoms with van der Waals surface area (Å²) < 4.78 is 10.4. The van der Waals surface area contributed by atoms with E-state index < -0.39 is 0 Å². The first kappa shape index (κ1) is 15.8. The molecule has 1 unspecified atom stereocenters. The van der Waals surface area contributed by atoms with Crippen LogP contribution in [0.2, 0.25) is 0 Å². The largest absolute Gasteiger partial charge is 0.494 e. The molecule has 0 heterocycles. The molecule has 116 valence electrons. The van der Waals surface area contributed by atoms with E-state index in [9.17, 15) is 4.79 Å². The summed E-state index contributed by atoms with van der Waals surface area (Å²) in [5.74, 6) is 0.854. The third-order valence-electron chi connectivity index (χ3n) is 4.02. The molecule has 4 heteroatoms. The smallest absolute Gasteiger partial charge is 0.305 e. The van der Waals surface area contributed by atoms with Gasteiger partial charge in [0, 0.05) is 12.5 Å². The molecule has 0 bridgehead atoms. The van der Waals surface area contributed by atoms with Gasteiger partial charge in [-0.1, -0.05) is 6.07 Å². The molecule has 4 nitrogen and oxygen atoms in total. The topological polar surface area (TPSA) is 61.5 Å². The average molecular weight is 291 g/mol. The number of rotatable bonds is 7. The maximum Gasteiger partial charge on any atom is 0.305 e. The zero-order chi connectivity index (χ0) is 15.2. The van der Waals surface area contributed by atoms with Gasteiger partial charge in [0.1, 0.15) is 5.75 Å². The third kappa shape index (κ3) is 3.97. The summed E-state index contributed by atoms with van der Waals surface area (Å²) >= 11 is 0. The van der Waals surface area contributed by atoms with Gasteiger partial charge in [-0.15, -0.1) is 0 Å². The highest BCUT2D eigenvalue weighted by atomic mass is 16.5. The molecule has 2 N–H and O–H groups in total. The van der Waals surface area contributed by atoms with Gasteiger partial charge >= 0.3 is 5.97 Å². The lowest BCUT2D eigenvalue weighted by Gasteiger charge is -2.13. The predicted molar refractivity (Wildman–Crippen MR) is 82.6 cm³/mol. The van der Waals surface area contributed by atoms with Crippen LogP contribution in [-0.4, -0.2) is 25.7 Å². The van der Waals surface area contributed by atoms with E-state index in [1.165, 1.54) is 23.8 Å². The van der Waals surface area contributed by atoms with Gasteiger partial charge in [-0.25, -0.2) is 0 Å². The second-order valence-electron chi connectivity index (χ2n) is 5.56. The summed E-state index contributed by atoms with van der Waals surface area (Å²) in [6, 6.07) is 4.42. The van der Waals surface area contributed by atoms with Crippen LogP contribution in [0.3, 0.4) is 0 Å². The Morgan fingerprint density at radius 1 is 1.29 bits per heavy atom. The van der Waals surface area contributed by atoms with Crippen LogP contribution in [0.4, 0.5) is 0 Å². The quantitative estimate of drug-likeness (QED) is 0.619. The number of benzene rings is 1. The minimum absolute atomic E-state index is 0.131. The Morgan fingerprint density at radius 2 is 2.05 bits per heavy atom. The van der Waals surface area contributed by atoms with Crippen molar-refractivity contribution in [3.63, 3.8) is 0 Å². The van der Waals surface area contributed by atoms with E-state index in [0.29, 0.717) is 13.0 Å². The molecule has 0 fully saturated rings. The fraction of sp³-hybridized carbons (Fsp3) is 0.588. The number of hydrogen-bond acceptors (Lipinski definition) is 4. The second-order valence-corrected chi connectivity index (χ2v) is 5.56. The Morgan fingerprint density at radius 3 is 2.76 bits per heavy atom. The Bertz CT molecular complexity index is 499. The van der Waals surface area contributed by atoms with Crippen molar-refractivity contribution in [3.8, 4) is 5.75 Å². The van der Waals surface area contributed by atoms with Crippen LogP contribution in [0.25, 0.3) is 0 Å². The molecule has 1 aliphatic carbocycles. The Hall–Kier alpha value is -1.55. The molecule has 0 aliphatic heterocycles. The maximum atomic E-state index is 11.1. The fourth-order valence-corrected chi connectivity index (χ4v) is 3.01. The summed E-state index contributed by atoms with van der Waals surface area (Å²) in [5, 5.41) is 0. The van der Waals surface area contributed by atoms with Crippen molar-refractivity contribution in [3.05, 3.63) is 28.8 Å². The third-order valence-corrected chi connectivity index (χ3v) is 4.02. The van der Waals surface area contributed by atoms with E-state index >= 15 is 0 Å². The van der Waals surface area contributed by atoms with Crippen molar-refractivity contribution >= 4 is 5.97 Å². The highest BCUT2D eigenvalue weighted by Crippen LogP contribution is 2.33. The molecule has 0 amide bonds. The normalized spacial score (nSPS) is 16.6. The van der Waals surface area contributed by atoms with E-state index in [4.69, 9.17) is 10.5 Å². The van der Waals surface area contributed by atoms with Gasteiger partial charge in [-0.2, -0.15) is 0 Å². The van der Waals surface area contributed by atoms with Crippen molar-refractivity contribution in [2.75, 3.05) is 13.7 Å². The van der Waals surface area contributed by atoms with Gasteiger partial charge in [-0.3, -0.25) is 4.79 Å². The number of hydrogen-bond donors (Lipinski definition) is 1. The number of fused-ring (bicyclic) bond motifs is 1. The number of carbonyl (C=O) groups excluding carboxylic acids is 1. The van der Waals surface area contributed by atoms with Crippen LogP contribution in [0, 0.1) is 0 Å². The zero-order valence-corrected chi connectivity index (χ0v) is 13.0. The van der Waals surface area contributed by atoms with Crippen molar-refractivity contribution in [1.29, 1.82) is 0 Å². The first-order valence-electron chi connectivity index (χ1n) is 7.74. The van der Waals surface area contributed by atoms with Crippen LogP contribution in [0.15, 0.2) is 12.1 Å². The van der Waals surface area contributed by atoms with Crippen molar-refractivity contribution in [1.82, 2.24) is 0 Å². The molecular weight excluding hydrogens is 266 g/mol. The molecule has 2 rings (SSSR count). The summed E-state index contributed by atoms with van der Waals surface area (Å²) in [5.41, 5.74) is 10.1. The van der Waals surface area contributed by atoms with Crippen molar-refractivity contribution in [2.24, 2.45) is 5.73 Å². The van der Waals surface area contributed by atoms with Crippen LogP contribution in [0.5, 0.6) is 5.75 Å². The van der Waals surface area contributed by atoms with Crippen LogP contribution >= 0.6 is 0 Å². The molecule has 1 aromatic carbocycles. The molecule has 0 spiro atoms. The van der Waals surface area contributed by atoms with Crippen LogP contribution < -0.4 is 10.5 Å². The highest BCUT2D eigenvalue weighted by Gasteiger charge is 2.24. The first-order valence-corrected chi connectivity index (χ1v) is 7.74. The molecule has 1 atom stereocenters. The van der Waals surface area contributed by atoms with Crippen LogP contribution in [-0.2, 0) is 28.8 Å². The van der Waals surface area contributed by atoms with Gasteiger partial charge < -0.3 is 15.2 Å². The predicted octanol–water partition coefficient (Wildman–Crippen LogP) is 2.40. The minimum Gasteiger partial charge on any atom is -0.494 e. The molecule has 0 saturated heterocycles. The van der Waals surface area contributed by atoms with E-state index in [1.807, 2.05) is 6.92 Å². The highest BCUT2D eigenvalue weighted by molar-refractivity contribution is 5.69. The standard InChI is InChI=1S/C17H25NO3/c1-3-21-16-9-8-12(6-4-5-7-17(19)20-2)14-10-13(18)11-15(14)16/h8-9,13H,3-7,10-11,18H2,1-2H3. The molecule has 1 aromatic rings. The van der Waals surface area contributed by atoms with E-state index in [0.717, 1.165) is 37.9 Å². The Balaban J connectivity index is 2.01. The van der Waals surface area contributed by atoms with Gasteiger partial charge in [0.2, 0.25) is 0 Å². The lowest BCUT2D eigenvalue weighted by atomic mass is 9.97. The summed E-state index contributed by atoms with van der Waals surface area (Å²) in [6.45, 7) is 2.68. The van der Waals surface area contributed by atoms with Crippen molar-refractivity contribution in [2.45, 2.75) is 51.5 Å². The van der Waals surface area contributed by atoms with E-state index in [-0.39, 0.29) is 12.0 Å². The number of aryl methyl sites for hydroxylation is 1. The summed E-state index contributed by atoms with van der Waals surface area (Å²) in [7, 11) is 1.43. The molecule has 0 aromatic heterocycles. The number of unbranched alkanes of at least 4 members (excludes halogenated alkanes) is 1. The number of carbonyl (C=O) groups is 1. The lowest BCUT2D eigenvalue weighted by Crippen LogP contribution is -2.19. The summed E-state index contributed by atoms with van der Waals surface area (Å²) in [6.07, 6.45) is 5.17. The molecule has 0 radical (unpaired) electrons. The fourth-order valence-electron chi connectivity index (χ4n) is 3.01. The Kier molecular flexibility index (Phi) is 5.62. The lowest BCUT2D eigenvalue weighted by molar-refractivity contribution is -0.140. The van der Waals surface area contributed by atoms with Gasteiger partial charge in [-0.05, 0) is 61.8 Å². The van der Waals surface area contributed by atoms with Gasteiger partial charge in [0.05, 0.1) is 13.7 Å². The molecule has 0 saturated carbocycles.